The first-order valence-corrected chi connectivity index (χ1v) is 5.03. The van der Waals surface area contributed by atoms with Crippen molar-refractivity contribution >= 4 is 5.91 Å². The van der Waals surface area contributed by atoms with Gasteiger partial charge in [-0.3, -0.25) is 4.79 Å². The molecule has 1 aliphatic heterocycles. The van der Waals surface area contributed by atoms with Gasteiger partial charge in [0.2, 0.25) is 5.91 Å². The fourth-order valence-electron chi connectivity index (χ4n) is 1.68. The maximum Gasteiger partial charge on any atom is 0.222 e. The van der Waals surface area contributed by atoms with Crippen LogP contribution in [0.2, 0.25) is 0 Å². The number of carbonyl (C=O) groups is 1. The molecule has 1 atom stereocenters. The van der Waals surface area contributed by atoms with Gasteiger partial charge in [0.25, 0.3) is 0 Å². The quantitative estimate of drug-likeness (QED) is 0.610. The lowest BCUT2D eigenvalue weighted by Crippen LogP contribution is -2.29. The second-order valence-electron chi connectivity index (χ2n) is 4.22. The topological polar surface area (TPSA) is 20.3 Å². The summed E-state index contributed by atoms with van der Waals surface area (Å²) in [6.07, 6.45) is 3.74. The van der Waals surface area contributed by atoms with Gasteiger partial charge in [0.15, 0.2) is 0 Å². The first kappa shape index (κ1) is 10.3. The average Bonchev–Trinajstić information content (AvgIpc) is 2.50. The molecule has 13 heavy (non-hydrogen) atoms. The van der Waals surface area contributed by atoms with Crippen LogP contribution >= 0.6 is 0 Å². The van der Waals surface area contributed by atoms with Gasteiger partial charge in [-0.2, -0.15) is 0 Å². The molecule has 1 amide bonds. The van der Waals surface area contributed by atoms with Crippen LogP contribution in [-0.4, -0.2) is 23.9 Å². The van der Waals surface area contributed by atoms with Gasteiger partial charge in [-0.15, -0.1) is 6.58 Å². The Labute approximate surface area is 80.6 Å². The molecule has 0 aromatic rings. The van der Waals surface area contributed by atoms with Crippen LogP contribution in [0.4, 0.5) is 0 Å². The SMILES string of the molecule is C=CC1CCN(C(=O)CC(C)C)C1. The van der Waals surface area contributed by atoms with E-state index in [0.717, 1.165) is 19.5 Å². The summed E-state index contributed by atoms with van der Waals surface area (Å²) >= 11 is 0. The van der Waals surface area contributed by atoms with Gasteiger partial charge in [0.1, 0.15) is 0 Å². The number of carbonyl (C=O) groups excluding carboxylic acids is 1. The molecule has 0 aliphatic carbocycles. The van der Waals surface area contributed by atoms with Gasteiger partial charge in [-0.1, -0.05) is 19.9 Å². The molecule has 1 aliphatic rings. The van der Waals surface area contributed by atoms with Gasteiger partial charge in [0.05, 0.1) is 0 Å². The zero-order chi connectivity index (χ0) is 9.84. The van der Waals surface area contributed by atoms with Crippen LogP contribution in [0.1, 0.15) is 26.7 Å². The summed E-state index contributed by atoms with van der Waals surface area (Å²) in [4.78, 5) is 13.6. The van der Waals surface area contributed by atoms with Crippen molar-refractivity contribution in [3.63, 3.8) is 0 Å². The van der Waals surface area contributed by atoms with E-state index in [2.05, 4.69) is 20.4 Å². The second kappa shape index (κ2) is 4.45. The highest BCUT2D eigenvalue weighted by atomic mass is 16.2. The zero-order valence-electron chi connectivity index (χ0n) is 8.62. The van der Waals surface area contributed by atoms with E-state index < -0.39 is 0 Å². The molecule has 0 bridgehead atoms. The number of nitrogens with zero attached hydrogens (tertiary/aromatic N) is 1. The molecule has 2 heteroatoms. The third-order valence-electron chi connectivity index (χ3n) is 2.49. The molecule has 0 aromatic carbocycles. The molecule has 1 unspecified atom stereocenters. The van der Waals surface area contributed by atoms with Crippen molar-refractivity contribution in [1.82, 2.24) is 4.90 Å². The smallest absolute Gasteiger partial charge is 0.222 e. The standard InChI is InChI=1S/C11H19NO/c1-4-10-5-6-12(8-10)11(13)7-9(2)3/h4,9-10H,1,5-8H2,2-3H3. The highest BCUT2D eigenvalue weighted by Crippen LogP contribution is 2.18. The largest absolute Gasteiger partial charge is 0.342 e. The minimum atomic E-state index is 0.305. The highest BCUT2D eigenvalue weighted by molar-refractivity contribution is 5.76. The first-order chi connectivity index (χ1) is 6.13. The fraction of sp³-hybridized carbons (Fsp3) is 0.727. The summed E-state index contributed by atoms with van der Waals surface area (Å²) in [5, 5.41) is 0. The van der Waals surface area contributed by atoms with Gasteiger partial charge in [0, 0.05) is 19.5 Å². The van der Waals surface area contributed by atoms with E-state index >= 15 is 0 Å². The molecule has 0 spiro atoms. The summed E-state index contributed by atoms with van der Waals surface area (Å²) < 4.78 is 0. The van der Waals surface area contributed by atoms with E-state index in [4.69, 9.17) is 0 Å². The van der Waals surface area contributed by atoms with Crippen molar-refractivity contribution in [1.29, 1.82) is 0 Å². The molecule has 0 radical (unpaired) electrons. The minimum Gasteiger partial charge on any atom is -0.342 e. The van der Waals surface area contributed by atoms with Crippen LogP contribution in [0.5, 0.6) is 0 Å². The van der Waals surface area contributed by atoms with Crippen LogP contribution in [0, 0.1) is 11.8 Å². The van der Waals surface area contributed by atoms with Gasteiger partial charge < -0.3 is 4.90 Å². The number of likely N-dealkylation sites (tertiary alicyclic amines) is 1. The maximum atomic E-state index is 11.6. The molecule has 0 saturated carbocycles. The van der Waals surface area contributed by atoms with Crippen molar-refractivity contribution in [2.75, 3.05) is 13.1 Å². The van der Waals surface area contributed by atoms with E-state index in [-0.39, 0.29) is 0 Å². The zero-order valence-corrected chi connectivity index (χ0v) is 8.62. The van der Waals surface area contributed by atoms with Gasteiger partial charge >= 0.3 is 0 Å². The Morgan fingerprint density at radius 2 is 2.38 bits per heavy atom. The molecule has 0 aromatic heterocycles. The van der Waals surface area contributed by atoms with Gasteiger partial charge in [-0.05, 0) is 18.3 Å². The third-order valence-corrected chi connectivity index (χ3v) is 2.49. The van der Waals surface area contributed by atoms with Crippen LogP contribution < -0.4 is 0 Å². The lowest BCUT2D eigenvalue weighted by molar-refractivity contribution is -0.130. The summed E-state index contributed by atoms with van der Waals surface area (Å²) in [5.74, 6) is 1.30. The number of hydrogen-bond donors (Lipinski definition) is 0. The Kier molecular flexibility index (Phi) is 3.52. The Balaban J connectivity index is 2.37. The van der Waals surface area contributed by atoms with Crippen molar-refractivity contribution in [3.05, 3.63) is 12.7 Å². The normalized spacial score (nSPS) is 22.4. The molecule has 1 rings (SSSR count). The summed E-state index contributed by atoms with van der Waals surface area (Å²) in [5.41, 5.74) is 0. The first-order valence-electron chi connectivity index (χ1n) is 5.03. The van der Waals surface area contributed by atoms with Crippen LogP contribution in [0.25, 0.3) is 0 Å². The highest BCUT2D eigenvalue weighted by Gasteiger charge is 2.24. The molecule has 74 valence electrons. The Morgan fingerprint density at radius 3 is 2.85 bits per heavy atom. The predicted molar refractivity (Wildman–Crippen MR) is 54.3 cm³/mol. The Morgan fingerprint density at radius 1 is 1.69 bits per heavy atom. The molecule has 1 heterocycles. The lowest BCUT2D eigenvalue weighted by Gasteiger charge is -2.16. The van der Waals surface area contributed by atoms with Crippen molar-refractivity contribution in [2.45, 2.75) is 26.7 Å². The van der Waals surface area contributed by atoms with Crippen molar-refractivity contribution in [3.8, 4) is 0 Å². The molecular weight excluding hydrogens is 162 g/mol. The predicted octanol–water partition coefficient (Wildman–Crippen LogP) is 2.07. The van der Waals surface area contributed by atoms with Crippen LogP contribution in [0.15, 0.2) is 12.7 Å². The van der Waals surface area contributed by atoms with Gasteiger partial charge in [-0.25, -0.2) is 0 Å². The van der Waals surface area contributed by atoms with Crippen molar-refractivity contribution in [2.24, 2.45) is 11.8 Å². The molecule has 2 nitrogen and oxygen atoms in total. The van der Waals surface area contributed by atoms with E-state index in [1.54, 1.807) is 0 Å². The molecule has 1 fully saturated rings. The summed E-state index contributed by atoms with van der Waals surface area (Å²) in [7, 11) is 0. The van der Waals surface area contributed by atoms with Crippen LogP contribution in [0.3, 0.4) is 0 Å². The Hall–Kier alpha value is -0.790. The summed E-state index contributed by atoms with van der Waals surface area (Å²) in [6, 6.07) is 0. The van der Waals surface area contributed by atoms with E-state index in [0.29, 0.717) is 24.2 Å². The lowest BCUT2D eigenvalue weighted by atomic mass is 10.1. The Bertz CT molecular complexity index is 198. The fourth-order valence-corrected chi connectivity index (χ4v) is 1.68. The second-order valence-corrected chi connectivity index (χ2v) is 4.22. The van der Waals surface area contributed by atoms with E-state index in [1.807, 2.05) is 11.0 Å². The monoisotopic (exact) mass is 181 g/mol. The maximum absolute atomic E-state index is 11.6. The minimum absolute atomic E-state index is 0.305. The van der Waals surface area contributed by atoms with Crippen molar-refractivity contribution < 1.29 is 4.79 Å². The number of rotatable bonds is 3. The van der Waals surface area contributed by atoms with Crippen LogP contribution in [-0.2, 0) is 4.79 Å². The van der Waals surface area contributed by atoms with E-state index in [1.165, 1.54) is 0 Å². The third kappa shape index (κ3) is 2.87. The number of hydrogen-bond acceptors (Lipinski definition) is 1. The summed E-state index contributed by atoms with van der Waals surface area (Å²) in [6.45, 7) is 9.73. The van der Waals surface area contributed by atoms with E-state index in [9.17, 15) is 4.79 Å². The average molecular weight is 181 g/mol. The molecule has 0 N–H and O–H groups in total. The molecular formula is C11H19NO. The number of amides is 1. The molecule has 1 saturated heterocycles.